The SMILES string of the molecule is CCCSc1nnc(C)c(CC=Nc2ccc(Cl)cc2)n1. The molecule has 110 valence electrons. The molecule has 0 unspecified atom stereocenters. The Balaban J connectivity index is 2.03. The van der Waals surface area contributed by atoms with E-state index < -0.39 is 0 Å². The van der Waals surface area contributed by atoms with Crippen molar-refractivity contribution >= 4 is 35.3 Å². The molecule has 2 rings (SSSR count). The zero-order chi connectivity index (χ0) is 15.1. The van der Waals surface area contributed by atoms with E-state index in [0.29, 0.717) is 11.4 Å². The molecule has 1 aromatic heterocycles. The van der Waals surface area contributed by atoms with Crippen LogP contribution in [0.3, 0.4) is 0 Å². The fraction of sp³-hybridized carbons (Fsp3) is 0.333. The molecule has 0 spiro atoms. The van der Waals surface area contributed by atoms with Crippen molar-refractivity contribution in [1.29, 1.82) is 0 Å². The molecule has 0 aliphatic carbocycles. The highest BCUT2D eigenvalue weighted by atomic mass is 35.5. The number of aryl methyl sites for hydroxylation is 1. The number of aromatic nitrogens is 3. The number of rotatable bonds is 6. The number of halogens is 1. The number of hydrogen-bond donors (Lipinski definition) is 0. The summed E-state index contributed by atoms with van der Waals surface area (Å²) in [5, 5.41) is 9.70. The van der Waals surface area contributed by atoms with Gasteiger partial charge in [-0.15, -0.1) is 5.10 Å². The van der Waals surface area contributed by atoms with Gasteiger partial charge in [0.25, 0.3) is 0 Å². The maximum Gasteiger partial charge on any atom is 0.209 e. The van der Waals surface area contributed by atoms with Crippen LogP contribution in [-0.4, -0.2) is 27.1 Å². The Morgan fingerprint density at radius 1 is 1.24 bits per heavy atom. The summed E-state index contributed by atoms with van der Waals surface area (Å²) in [5.74, 6) is 1.00. The van der Waals surface area contributed by atoms with Gasteiger partial charge in [0.15, 0.2) is 0 Å². The van der Waals surface area contributed by atoms with Crippen LogP contribution in [0, 0.1) is 6.92 Å². The smallest absolute Gasteiger partial charge is 0.209 e. The molecule has 0 fully saturated rings. The Hall–Kier alpha value is -1.46. The van der Waals surface area contributed by atoms with E-state index >= 15 is 0 Å². The number of aliphatic imine (C=N–C) groups is 1. The molecular formula is C15H17ClN4S. The highest BCUT2D eigenvalue weighted by Crippen LogP contribution is 2.16. The molecule has 0 radical (unpaired) electrons. The fourth-order valence-corrected chi connectivity index (χ4v) is 2.39. The van der Waals surface area contributed by atoms with E-state index in [0.717, 1.165) is 34.4 Å². The van der Waals surface area contributed by atoms with Gasteiger partial charge in [0.1, 0.15) is 0 Å². The highest BCUT2D eigenvalue weighted by Gasteiger charge is 2.04. The number of benzene rings is 1. The number of nitrogens with zero attached hydrogens (tertiary/aromatic N) is 4. The van der Waals surface area contributed by atoms with Gasteiger partial charge < -0.3 is 0 Å². The molecule has 6 heteroatoms. The van der Waals surface area contributed by atoms with Crippen LogP contribution in [0.1, 0.15) is 24.7 Å². The molecule has 0 amide bonds. The highest BCUT2D eigenvalue weighted by molar-refractivity contribution is 7.99. The summed E-state index contributed by atoms with van der Waals surface area (Å²) in [6.07, 6.45) is 3.58. The topological polar surface area (TPSA) is 51.0 Å². The summed E-state index contributed by atoms with van der Waals surface area (Å²) in [6, 6.07) is 7.41. The lowest BCUT2D eigenvalue weighted by molar-refractivity contribution is 0.782. The molecule has 1 heterocycles. The van der Waals surface area contributed by atoms with Crippen LogP contribution in [0.5, 0.6) is 0 Å². The normalized spacial score (nSPS) is 11.2. The second-order valence-electron chi connectivity index (χ2n) is 4.47. The molecule has 0 aliphatic rings. The standard InChI is InChI=1S/C15H17ClN4S/c1-3-10-21-15-18-14(11(2)19-20-15)8-9-17-13-6-4-12(16)5-7-13/h4-7,9H,3,8,10H2,1-2H3. The molecule has 0 bridgehead atoms. The van der Waals surface area contributed by atoms with Crippen molar-refractivity contribution in [2.75, 3.05) is 5.75 Å². The summed E-state index contributed by atoms with van der Waals surface area (Å²) >= 11 is 7.47. The average molecular weight is 321 g/mol. The molecule has 2 aromatic rings. The zero-order valence-corrected chi connectivity index (χ0v) is 13.7. The van der Waals surface area contributed by atoms with Gasteiger partial charge in [-0.1, -0.05) is 30.3 Å². The van der Waals surface area contributed by atoms with E-state index in [2.05, 4.69) is 27.1 Å². The van der Waals surface area contributed by atoms with Gasteiger partial charge >= 0.3 is 0 Å². The van der Waals surface area contributed by atoms with Crippen molar-refractivity contribution in [1.82, 2.24) is 15.2 Å². The van der Waals surface area contributed by atoms with E-state index in [1.54, 1.807) is 11.8 Å². The van der Waals surface area contributed by atoms with E-state index in [1.807, 2.05) is 37.4 Å². The first-order chi connectivity index (χ1) is 10.2. The third-order valence-corrected chi connectivity index (χ3v) is 4.02. The first-order valence-corrected chi connectivity index (χ1v) is 8.16. The minimum absolute atomic E-state index is 0.643. The number of hydrogen-bond acceptors (Lipinski definition) is 5. The lowest BCUT2D eigenvalue weighted by Crippen LogP contribution is -2.03. The molecule has 0 atom stereocenters. The fourth-order valence-electron chi connectivity index (χ4n) is 1.61. The molecule has 21 heavy (non-hydrogen) atoms. The van der Waals surface area contributed by atoms with Gasteiger partial charge in [-0.05, 0) is 37.6 Å². The van der Waals surface area contributed by atoms with Crippen molar-refractivity contribution in [2.45, 2.75) is 31.8 Å². The van der Waals surface area contributed by atoms with Crippen LogP contribution < -0.4 is 0 Å². The van der Waals surface area contributed by atoms with Crippen LogP contribution in [0.4, 0.5) is 5.69 Å². The van der Waals surface area contributed by atoms with Gasteiger partial charge in [-0.3, -0.25) is 4.99 Å². The van der Waals surface area contributed by atoms with E-state index in [9.17, 15) is 0 Å². The summed E-state index contributed by atoms with van der Waals surface area (Å²) in [6.45, 7) is 4.05. The molecule has 1 aromatic carbocycles. The molecular weight excluding hydrogens is 304 g/mol. The Kier molecular flexibility index (Phi) is 6.14. The van der Waals surface area contributed by atoms with Gasteiger partial charge in [0.05, 0.1) is 17.1 Å². The van der Waals surface area contributed by atoms with E-state index in [1.165, 1.54) is 0 Å². The summed E-state index contributed by atoms with van der Waals surface area (Å²) in [7, 11) is 0. The predicted molar refractivity (Wildman–Crippen MR) is 88.9 cm³/mol. The van der Waals surface area contributed by atoms with Gasteiger partial charge in [-0.25, -0.2) is 4.98 Å². The minimum Gasteiger partial charge on any atom is -0.261 e. The first-order valence-electron chi connectivity index (χ1n) is 6.80. The molecule has 0 saturated carbocycles. The Bertz CT molecular complexity index is 614. The van der Waals surface area contributed by atoms with Crippen LogP contribution in [-0.2, 0) is 6.42 Å². The summed E-state index contributed by atoms with van der Waals surface area (Å²) in [5.41, 5.74) is 2.64. The maximum atomic E-state index is 5.84. The Labute approximate surface area is 134 Å². The first kappa shape index (κ1) is 15.9. The summed E-state index contributed by atoms with van der Waals surface area (Å²) in [4.78, 5) is 8.93. The third kappa shape index (κ3) is 5.10. The van der Waals surface area contributed by atoms with Crippen LogP contribution in [0.15, 0.2) is 34.4 Å². The largest absolute Gasteiger partial charge is 0.261 e. The quantitative estimate of drug-likeness (QED) is 0.589. The number of thioether (sulfide) groups is 1. The van der Waals surface area contributed by atoms with Gasteiger partial charge in [0.2, 0.25) is 5.16 Å². The molecule has 0 saturated heterocycles. The van der Waals surface area contributed by atoms with E-state index in [4.69, 9.17) is 11.6 Å². The maximum absolute atomic E-state index is 5.84. The Morgan fingerprint density at radius 3 is 2.71 bits per heavy atom. The second-order valence-corrected chi connectivity index (χ2v) is 5.97. The lowest BCUT2D eigenvalue weighted by Gasteiger charge is -2.03. The van der Waals surface area contributed by atoms with Crippen LogP contribution >= 0.6 is 23.4 Å². The van der Waals surface area contributed by atoms with Crippen molar-refractivity contribution in [3.8, 4) is 0 Å². The monoisotopic (exact) mass is 320 g/mol. The van der Waals surface area contributed by atoms with Crippen molar-refractivity contribution < 1.29 is 0 Å². The van der Waals surface area contributed by atoms with Crippen LogP contribution in [0.25, 0.3) is 0 Å². The van der Waals surface area contributed by atoms with Crippen molar-refractivity contribution in [2.24, 2.45) is 4.99 Å². The predicted octanol–water partition coefficient (Wildman–Crippen LogP) is 4.28. The molecule has 0 N–H and O–H groups in total. The summed E-state index contributed by atoms with van der Waals surface area (Å²) < 4.78 is 0. The second kappa shape index (κ2) is 8.10. The molecule has 0 aliphatic heterocycles. The van der Waals surface area contributed by atoms with E-state index in [-0.39, 0.29) is 0 Å². The Morgan fingerprint density at radius 2 is 2.00 bits per heavy atom. The zero-order valence-electron chi connectivity index (χ0n) is 12.1. The van der Waals surface area contributed by atoms with Crippen molar-refractivity contribution in [3.05, 3.63) is 40.7 Å². The average Bonchev–Trinajstić information content (AvgIpc) is 2.50. The van der Waals surface area contributed by atoms with Gasteiger partial charge in [0, 0.05) is 23.4 Å². The third-order valence-electron chi connectivity index (χ3n) is 2.72. The lowest BCUT2D eigenvalue weighted by atomic mass is 10.2. The molecule has 4 nitrogen and oxygen atoms in total. The van der Waals surface area contributed by atoms with Crippen LogP contribution in [0.2, 0.25) is 5.02 Å². The van der Waals surface area contributed by atoms with Crippen molar-refractivity contribution in [3.63, 3.8) is 0 Å². The van der Waals surface area contributed by atoms with Gasteiger partial charge in [-0.2, -0.15) is 5.10 Å². The minimum atomic E-state index is 0.643.